The Morgan fingerprint density at radius 1 is 1.33 bits per heavy atom. The van der Waals surface area contributed by atoms with Gasteiger partial charge >= 0.3 is 5.97 Å². The average Bonchev–Trinajstić information content (AvgIpc) is 3.00. The first-order valence-electron chi connectivity index (χ1n) is 6.57. The summed E-state index contributed by atoms with van der Waals surface area (Å²) in [7, 11) is 0. The van der Waals surface area contributed by atoms with E-state index in [1.54, 1.807) is 23.5 Å². The lowest BCUT2D eigenvalue weighted by Crippen LogP contribution is -2.09. The first-order chi connectivity index (χ1) is 10.1. The highest BCUT2D eigenvalue weighted by Crippen LogP contribution is 2.24. The Bertz CT molecular complexity index is 784. The van der Waals surface area contributed by atoms with Crippen LogP contribution in [0.2, 0.25) is 0 Å². The maximum absolute atomic E-state index is 11.4. The quantitative estimate of drug-likeness (QED) is 0.759. The van der Waals surface area contributed by atoms with Gasteiger partial charge in [0.05, 0.1) is 17.1 Å². The molecule has 0 aliphatic rings. The van der Waals surface area contributed by atoms with Gasteiger partial charge in [-0.3, -0.25) is 0 Å². The van der Waals surface area contributed by atoms with E-state index in [1.807, 2.05) is 36.6 Å². The Labute approximate surface area is 126 Å². The van der Waals surface area contributed by atoms with Crippen molar-refractivity contribution in [2.45, 2.75) is 13.0 Å². The van der Waals surface area contributed by atoms with Crippen LogP contribution in [0.4, 0.5) is 5.82 Å². The van der Waals surface area contributed by atoms with Gasteiger partial charge in [0, 0.05) is 5.39 Å². The fourth-order valence-electron chi connectivity index (χ4n) is 2.25. The summed E-state index contributed by atoms with van der Waals surface area (Å²) in [4.78, 5) is 15.9. The number of carbonyl (C=O) groups is 1. The molecule has 0 fully saturated rings. The summed E-state index contributed by atoms with van der Waals surface area (Å²) in [6.07, 6.45) is 0. The van der Waals surface area contributed by atoms with Crippen molar-refractivity contribution in [1.29, 1.82) is 0 Å². The minimum absolute atomic E-state index is 0.0755. The average molecular weight is 298 g/mol. The van der Waals surface area contributed by atoms with Crippen molar-refractivity contribution < 1.29 is 9.90 Å². The lowest BCUT2D eigenvalue weighted by Gasteiger charge is -2.14. The number of rotatable bonds is 4. The number of hydrogen-bond donors (Lipinski definition) is 2. The summed E-state index contributed by atoms with van der Waals surface area (Å²) < 4.78 is 0. The van der Waals surface area contributed by atoms with Gasteiger partial charge in [0.1, 0.15) is 5.82 Å². The Hall–Kier alpha value is -2.40. The highest BCUT2D eigenvalue weighted by molar-refractivity contribution is 7.08. The molecule has 0 aliphatic heterocycles. The van der Waals surface area contributed by atoms with Gasteiger partial charge in [0.15, 0.2) is 0 Å². The van der Waals surface area contributed by atoms with Crippen molar-refractivity contribution in [2.75, 3.05) is 5.32 Å². The lowest BCUT2D eigenvalue weighted by molar-refractivity contribution is 0.0699. The zero-order valence-electron chi connectivity index (χ0n) is 11.4. The van der Waals surface area contributed by atoms with E-state index in [9.17, 15) is 9.90 Å². The van der Waals surface area contributed by atoms with Crippen LogP contribution in [0.15, 0.2) is 47.2 Å². The standard InChI is InChI=1S/C16H14N2O2S/c1-10(11-6-7-21-9-11)17-15-8-13(16(19)20)12-4-2-3-5-14(12)18-15/h2-10H,1H3,(H,17,18)(H,19,20). The normalized spacial score (nSPS) is 12.2. The van der Waals surface area contributed by atoms with Gasteiger partial charge < -0.3 is 10.4 Å². The summed E-state index contributed by atoms with van der Waals surface area (Å²) in [6.45, 7) is 2.03. The second-order valence-electron chi connectivity index (χ2n) is 4.80. The second-order valence-corrected chi connectivity index (χ2v) is 5.58. The van der Waals surface area contributed by atoms with Crippen molar-refractivity contribution in [3.05, 3.63) is 58.3 Å². The smallest absolute Gasteiger partial charge is 0.336 e. The molecule has 1 atom stereocenters. The first-order valence-corrected chi connectivity index (χ1v) is 7.51. The summed E-state index contributed by atoms with van der Waals surface area (Å²) in [5, 5.41) is 17.4. The number of nitrogens with zero attached hydrogens (tertiary/aromatic N) is 1. The maximum atomic E-state index is 11.4. The predicted molar refractivity (Wildman–Crippen MR) is 85.1 cm³/mol. The fraction of sp³-hybridized carbons (Fsp3) is 0.125. The van der Waals surface area contributed by atoms with Gasteiger partial charge in [0.2, 0.25) is 0 Å². The Balaban J connectivity index is 2.01. The molecule has 0 saturated carbocycles. The monoisotopic (exact) mass is 298 g/mol. The molecule has 1 aromatic carbocycles. The van der Waals surface area contributed by atoms with Crippen LogP contribution < -0.4 is 5.32 Å². The number of nitrogens with one attached hydrogen (secondary N) is 1. The molecule has 3 aromatic rings. The van der Waals surface area contributed by atoms with E-state index >= 15 is 0 Å². The fourth-order valence-corrected chi connectivity index (χ4v) is 3.01. The molecule has 0 radical (unpaired) electrons. The number of thiophene rings is 1. The molecule has 2 heterocycles. The number of pyridine rings is 1. The van der Waals surface area contributed by atoms with Crippen molar-refractivity contribution >= 4 is 34.0 Å². The molecule has 0 amide bonds. The molecule has 3 rings (SSSR count). The number of hydrogen-bond acceptors (Lipinski definition) is 4. The van der Waals surface area contributed by atoms with Gasteiger partial charge in [0.25, 0.3) is 0 Å². The number of anilines is 1. The second kappa shape index (κ2) is 5.54. The molecular formula is C16H14N2O2S. The van der Waals surface area contributed by atoms with Crippen molar-refractivity contribution in [3.63, 3.8) is 0 Å². The van der Waals surface area contributed by atoms with E-state index in [1.165, 1.54) is 0 Å². The van der Waals surface area contributed by atoms with E-state index in [0.29, 0.717) is 16.7 Å². The van der Waals surface area contributed by atoms with Gasteiger partial charge in [-0.1, -0.05) is 18.2 Å². The molecule has 4 nitrogen and oxygen atoms in total. The third-order valence-corrected chi connectivity index (χ3v) is 4.06. The molecule has 106 valence electrons. The third kappa shape index (κ3) is 2.73. The lowest BCUT2D eigenvalue weighted by atomic mass is 10.1. The molecule has 0 bridgehead atoms. The number of aromatic carboxylic acids is 1. The molecule has 0 spiro atoms. The minimum Gasteiger partial charge on any atom is -0.478 e. The van der Waals surface area contributed by atoms with Gasteiger partial charge in [-0.15, -0.1) is 0 Å². The summed E-state index contributed by atoms with van der Waals surface area (Å²) >= 11 is 1.63. The molecular weight excluding hydrogens is 284 g/mol. The predicted octanol–water partition coefficient (Wildman–Crippen LogP) is 4.17. The third-order valence-electron chi connectivity index (χ3n) is 3.35. The summed E-state index contributed by atoms with van der Waals surface area (Å²) in [6, 6.07) is 11.0. The number of fused-ring (bicyclic) bond motifs is 1. The van der Waals surface area contributed by atoms with Crippen LogP contribution in [-0.4, -0.2) is 16.1 Å². The van der Waals surface area contributed by atoms with E-state index in [4.69, 9.17) is 0 Å². The van der Waals surface area contributed by atoms with E-state index in [2.05, 4.69) is 15.7 Å². The van der Waals surface area contributed by atoms with Gasteiger partial charge in [-0.25, -0.2) is 9.78 Å². The van der Waals surface area contributed by atoms with Crippen molar-refractivity contribution in [1.82, 2.24) is 4.98 Å². The van der Waals surface area contributed by atoms with Crippen LogP contribution >= 0.6 is 11.3 Å². The minimum atomic E-state index is -0.945. The van der Waals surface area contributed by atoms with Crippen molar-refractivity contribution in [3.8, 4) is 0 Å². The molecule has 21 heavy (non-hydrogen) atoms. The van der Waals surface area contributed by atoms with Crippen LogP contribution in [0.1, 0.15) is 28.9 Å². The maximum Gasteiger partial charge on any atom is 0.336 e. The van der Waals surface area contributed by atoms with Crippen LogP contribution in [0.3, 0.4) is 0 Å². The summed E-state index contributed by atoms with van der Waals surface area (Å²) in [5.41, 5.74) is 2.10. The van der Waals surface area contributed by atoms with E-state index in [0.717, 1.165) is 5.56 Å². The topological polar surface area (TPSA) is 62.2 Å². The zero-order chi connectivity index (χ0) is 14.8. The molecule has 5 heteroatoms. The van der Waals surface area contributed by atoms with E-state index < -0.39 is 5.97 Å². The number of benzene rings is 1. The summed E-state index contributed by atoms with van der Waals surface area (Å²) in [5.74, 6) is -0.371. The SMILES string of the molecule is CC(Nc1cc(C(=O)O)c2ccccc2n1)c1ccsc1. The van der Waals surface area contributed by atoms with Gasteiger partial charge in [-0.2, -0.15) is 11.3 Å². The molecule has 1 unspecified atom stereocenters. The number of carboxylic acids is 1. The Kier molecular flexibility index (Phi) is 3.58. The number of para-hydroxylation sites is 1. The zero-order valence-corrected chi connectivity index (χ0v) is 12.2. The van der Waals surface area contributed by atoms with Gasteiger partial charge in [-0.05, 0) is 41.4 Å². The number of carboxylic acid groups (broad SMARTS) is 1. The Morgan fingerprint density at radius 2 is 2.14 bits per heavy atom. The largest absolute Gasteiger partial charge is 0.478 e. The molecule has 2 N–H and O–H groups in total. The first kappa shape index (κ1) is 13.6. The highest BCUT2D eigenvalue weighted by Gasteiger charge is 2.13. The van der Waals surface area contributed by atoms with E-state index in [-0.39, 0.29) is 11.6 Å². The molecule has 0 saturated heterocycles. The Morgan fingerprint density at radius 3 is 2.86 bits per heavy atom. The molecule has 0 aliphatic carbocycles. The van der Waals surface area contributed by atoms with Crippen LogP contribution in [0.5, 0.6) is 0 Å². The van der Waals surface area contributed by atoms with Crippen LogP contribution in [0, 0.1) is 0 Å². The highest BCUT2D eigenvalue weighted by atomic mass is 32.1. The van der Waals surface area contributed by atoms with Crippen LogP contribution in [-0.2, 0) is 0 Å². The number of aromatic nitrogens is 1. The molecule has 2 aromatic heterocycles. The van der Waals surface area contributed by atoms with Crippen LogP contribution in [0.25, 0.3) is 10.9 Å². The van der Waals surface area contributed by atoms with Crippen molar-refractivity contribution in [2.24, 2.45) is 0 Å².